The molecule has 9 heteroatoms. The predicted molar refractivity (Wildman–Crippen MR) is 115 cm³/mol. The summed E-state index contributed by atoms with van der Waals surface area (Å²) in [5.74, 6) is 1.80. The van der Waals surface area contributed by atoms with E-state index < -0.39 is 0 Å². The highest BCUT2D eigenvalue weighted by Gasteiger charge is 2.27. The third-order valence-corrected chi connectivity index (χ3v) is 6.51. The first-order chi connectivity index (χ1) is 14.1. The van der Waals surface area contributed by atoms with E-state index in [2.05, 4.69) is 34.8 Å². The molecule has 0 aromatic carbocycles. The van der Waals surface area contributed by atoms with Gasteiger partial charge in [0, 0.05) is 49.9 Å². The molecule has 154 valence electrons. The molecule has 5 rings (SSSR count). The number of anilines is 2. The maximum absolute atomic E-state index is 5.90. The van der Waals surface area contributed by atoms with Gasteiger partial charge in [-0.05, 0) is 19.9 Å². The minimum absolute atomic E-state index is 0.165. The van der Waals surface area contributed by atoms with Crippen molar-refractivity contribution >= 4 is 33.3 Å². The smallest absolute Gasteiger partial charge is 0.228 e. The van der Waals surface area contributed by atoms with Gasteiger partial charge >= 0.3 is 0 Å². The molecule has 0 saturated carbocycles. The molecule has 2 aliphatic rings. The van der Waals surface area contributed by atoms with Gasteiger partial charge in [0.15, 0.2) is 5.82 Å². The number of hydrogen-bond donors (Lipinski definition) is 0. The summed E-state index contributed by atoms with van der Waals surface area (Å²) in [7, 11) is 1.94. The zero-order valence-corrected chi connectivity index (χ0v) is 17.9. The first kappa shape index (κ1) is 18.8. The van der Waals surface area contributed by atoms with Crippen LogP contribution in [0.3, 0.4) is 0 Å². The molecule has 2 saturated heterocycles. The third-order valence-electron chi connectivity index (χ3n) is 5.34. The van der Waals surface area contributed by atoms with Crippen molar-refractivity contribution in [1.82, 2.24) is 19.7 Å². The fourth-order valence-corrected chi connectivity index (χ4v) is 5.15. The minimum atomic E-state index is 0.165. The monoisotopic (exact) mass is 414 g/mol. The van der Waals surface area contributed by atoms with Crippen LogP contribution in [0.2, 0.25) is 0 Å². The molecule has 0 N–H and O–H groups in total. The lowest BCUT2D eigenvalue weighted by Crippen LogP contribution is -2.46. The highest BCUT2D eigenvalue weighted by molar-refractivity contribution is 7.22. The van der Waals surface area contributed by atoms with E-state index in [9.17, 15) is 0 Å². The maximum atomic E-state index is 5.90. The van der Waals surface area contributed by atoms with E-state index in [1.165, 1.54) is 0 Å². The van der Waals surface area contributed by atoms with Crippen molar-refractivity contribution < 1.29 is 9.47 Å². The summed E-state index contributed by atoms with van der Waals surface area (Å²) in [5, 5.41) is 4.32. The van der Waals surface area contributed by atoms with Gasteiger partial charge < -0.3 is 19.3 Å². The number of aromatic nitrogens is 4. The maximum Gasteiger partial charge on any atom is 0.228 e. The predicted octanol–water partition coefficient (Wildman–Crippen LogP) is 2.54. The summed E-state index contributed by atoms with van der Waals surface area (Å²) in [5.41, 5.74) is 2.10. The van der Waals surface area contributed by atoms with Gasteiger partial charge in [-0.3, -0.25) is 4.68 Å². The SMILES string of the molecule is C[C@@H]1CN(c2nc(N3CCOCC3)c3sc(-c4cnn(C)c4)cc3n2)C[C@H](C)O1. The van der Waals surface area contributed by atoms with Crippen molar-refractivity contribution in [2.45, 2.75) is 26.1 Å². The molecule has 2 aliphatic heterocycles. The molecule has 0 amide bonds. The number of morpholine rings is 2. The van der Waals surface area contributed by atoms with Crippen molar-refractivity contribution in [3.05, 3.63) is 18.5 Å². The summed E-state index contributed by atoms with van der Waals surface area (Å²) in [6.07, 6.45) is 4.27. The lowest BCUT2D eigenvalue weighted by atomic mass is 10.2. The van der Waals surface area contributed by atoms with Gasteiger partial charge in [0.25, 0.3) is 0 Å². The Morgan fingerprint density at radius 1 is 1.07 bits per heavy atom. The molecule has 2 fully saturated rings. The number of fused-ring (bicyclic) bond motifs is 1. The highest BCUT2D eigenvalue weighted by Crippen LogP contribution is 2.38. The lowest BCUT2D eigenvalue weighted by molar-refractivity contribution is -0.00569. The Balaban J connectivity index is 1.60. The summed E-state index contributed by atoms with van der Waals surface area (Å²) in [4.78, 5) is 15.8. The Labute approximate surface area is 174 Å². The van der Waals surface area contributed by atoms with Crippen LogP contribution < -0.4 is 9.80 Å². The van der Waals surface area contributed by atoms with Crippen molar-refractivity contribution in [2.75, 3.05) is 49.2 Å². The van der Waals surface area contributed by atoms with Crippen LogP contribution in [0.4, 0.5) is 11.8 Å². The van der Waals surface area contributed by atoms with Gasteiger partial charge in [0.05, 0.1) is 41.8 Å². The van der Waals surface area contributed by atoms with Gasteiger partial charge in [-0.15, -0.1) is 11.3 Å². The average molecular weight is 415 g/mol. The molecule has 5 heterocycles. The molecule has 3 aromatic rings. The van der Waals surface area contributed by atoms with E-state index >= 15 is 0 Å². The van der Waals surface area contributed by atoms with Crippen LogP contribution in [0.1, 0.15) is 13.8 Å². The molecule has 0 spiro atoms. The van der Waals surface area contributed by atoms with Gasteiger partial charge in [0.2, 0.25) is 5.95 Å². The van der Waals surface area contributed by atoms with Crippen molar-refractivity contribution in [1.29, 1.82) is 0 Å². The lowest BCUT2D eigenvalue weighted by Gasteiger charge is -2.36. The number of thiophene rings is 1. The van der Waals surface area contributed by atoms with E-state index in [0.29, 0.717) is 0 Å². The van der Waals surface area contributed by atoms with Crippen LogP contribution in [-0.4, -0.2) is 71.3 Å². The number of hydrogen-bond acceptors (Lipinski definition) is 8. The Bertz CT molecular complexity index is 1000. The Hall–Kier alpha value is -2.23. The molecule has 8 nitrogen and oxygen atoms in total. The molecular formula is C20H26N6O2S. The molecule has 0 radical (unpaired) electrons. The third kappa shape index (κ3) is 3.70. The van der Waals surface area contributed by atoms with E-state index in [1.807, 2.05) is 24.1 Å². The molecular weight excluding hydrogens is 388 g/mol. The largest absolute Gasteiger partial charge is 0.378 e. The molecule has 0 aliphatic carbocycles. The molecule has 0 unspecified atom stereocenters. The van der Waals surface area contributed by atoms with Gasteiger partial charge in [-0.2, -0.15) is 10.1 Å². The summed E-state index contributed by atoms with van der Waals surface area (Å²) >= 11 is 1.74. The van der Waals surface area contributed by atoms with Gasteiger partial charge in [-0.1, -0.05) is 0 Å². The number of rotatable bonds is 3. The summed E-state index contributed by atoms with van der Waals surface area (Å²) in [6.45, 7) is 8.98. The number of nitrogens with zero attached hydrogens (tertiary/aromatic N) is 6. The Morgan fingerprint density at radius 3 is 2.52 bits per heavy atom. The second-order valence-electron chi connectivity index (χ2n) is 7.84. The fourth-order valence-electron chi connectivity index (χ4n) is 4.07. The topological polar surface area (TPSA) is 68.5 Å². The molecule has 3 aromatic heterocycles. The van der Waals surface area contributed by atoms with Crippen LogP contribution in [0.5, 0.6) is 0 Å². The molecule has 2 atom stereocenters. The van der Waals surface area contributed by atoms with E-state index in [-0.39, 0.29) is 12.2 Å². The van der Waals surface area contributed by atoms with Crippen LogP contribution in [0.25, 0.3) is 20.7 Å². The van der Waals surface area contributed by atoms with Gasteiger partial charge in [-0.25, -0.2) is 4.98 Å². The van der Waals surface area contributed by atoms with Crippen LogP contribution in [0.15, 0.2) is 18.5 Å². The standard InChI is InChI=1S/C20H26N6O2S/c1-13-10-26(11-14(2)28-13)20-22-16-8-17(15-9-21-24(3)12-15)29-18(16)19(23-20)25-4-6-27-7-5-25/h8-9,12-14H,4-7,10-11H2,1-3H3/t13-,14+. The number of ether oxygens (including phenoxy) is 2. The number of aryl methyl sites for hydroxylation is 1. The average Bonchev–Trinajstić information content (AvgIpc) is 3.33. The van der Waals surface area contributed by atoms with E-state index in [4.69, 9.17) is 19.4 Å². The Morgan fingerprint density at radius 2 is 1.83 bits per heavy atom. The van der Waals surface area contributed by atoms with Crippen molar-refractivity contribution in [3.63, 3.8) is 0 Å². The summed E-state index contributed by atoms with van der Waals surface area (Å²) in [6, 6.07) is 2.17. The normalized spacial score (nSPS) is 23.1. The fraction of sp³-hybridized carbons (Fsp3) is 0.550. The minimum Gasteiger partial charge on any atom is -0.378 e. The van der Waals surface area contributed by atoms with Crippen LogP contribution in [0, 0.1) is 0 Å². The van der Waals surface area contributed by atoms with Crippen LogP contribution >= 0.6 is 11.3 Å². The second-order valence-corrected chi connectivity index (χ2v) is 8.89. The first-order valence-electron chi connectivity index (χ1n) is 10.1. The summed E-state index contributed by atoms with van der Waals surface area (Å²) < 4.78 is 14.4. The molecule has 29 heavy (non-hydrogen) atoms. The zero-order chi connectivity index (χ0) is 20.0. The van der Waals surface area contributed by atoms with Gasteiger partial charge in [0.1, 0.15) is 0 Å². The van der Waals surface area contributed by atoms with E-state index in [1.54, 1.807) is 11.3 Å². The zero-order valence-electron chi connectivity index (χ0n) is 17.0. The Kier molecular flexibility index (Phi) is 4.89. The first-order valence-corrected chi connectivity index (χ1v) is 10.9. The molecule has 0 bridgehead atoms. The van der Waals surface area contributed by atoms with Crippen LogP contribution in [-0.2, 0) is 16.5 Å². The van der Waals surface area contributed by atoms with E-state index in [0.717, 1.165) is 71.8 Å². The highest BCUT2D eigenvalue weighted by atomic mass is 32.1. The second kappa shape index (κ2) is 7.55. The quantitative estimate of drug-likeness (QED) is 0.652. The van der Waals surface area contributed by atoms with Crippen molar-refractivity contribution in [2.24, 2.45) is 7.05 Å². The van der Waals surface area contributed by atoms with Crippen molar-refractivity contribution in [3.8, 4) is 10.4 Å².